The van der Waals surface area contributed by atoms with Crippen LogP contribution in [0.4, 0.5) is 0 Å². The van der Waals surface area contributed by atoms with Crippen molar-refractivity contribution in [2.45, 2.75) is 12.8 Å². The Bertz CT molecular complexity index is 313. The third-order valence-electron chi connectivity index (χ3n) is 2.51. The summed E-state index contributed by atoms with van der Waals surface area (Å²) in [5, 5.41) is 5.73. The van der Waals surface area contributed by atoms with Gasteiger partial charge in [0.15, 0.2) is 9.84 Å². The Morgan fingerprint density at radius 3 is 2.67 bits per heavy atom. The van der Waals surface area contributed by atoms with Crippen LogP contribution in [0.1, 0.15) is 12.8 Å². The second kappa shape index (κ2) is 5.46. The average Bonchev–Trinajstić information content (AvgIpc) is 2.53. The maximum absolute atomic E-state index is 11.5. The summed E-state index contributed by atoms with van der Waals surface area (Å²) in [5.74, 6) is -0.274. The zero-order chi connectivity index (χ0) is 11.3. The fourth-order valence-corrected chi connectivity index (χ4v) is 3.36. The van der Waals surface area contributed by atoms with Crippen LogP contribution in [0.5, 0.6) is 0 Å². The number of sulfone groups is 1. The molecule has 1 heterocycles. The van der Waals surface area contributed by atoms with E-state index in [2.05, 4.69) is 10.6 Å². The number of carbonyl (C=O) groups is 1. The highest BCUT2D eigenvalue weighted by molar-refractivity contribution is 7.91. The molecule has 1 fully saturated rings. The molecule has 0 bridgehead atoms. The summed E-state index contributed by atoms with van der Waals surface area (Å²) < 4.78 is 22.3. The highest BCUT2D eigenvalue weighted by atomic mass is 32.2. The van der Waals surface area contributed by atoms with Crippen molar-refractivity contribution in [3.8, 4) is 0 Å². The molecule has 2 N–H and O–H groups in total. The number of hydrogen-bond donors (Lipinski definition) is 2. The minimum absolute atomic E-state index is 0.0187. The molecule has 0 aromatic rings. The molecule has 1 saturated heterocycles. The summed E-state index contributed by atoms with van der Waals surface area (Å²) in [4.78, 5) is 11.5. The average molecular weight is 234 g/mol. The Hall–Kier alpha value is -0.620. The molecule has 1 atom stereocenters. The number of amides is 1. The number of carbonyl (C=O) groups excluding carboxylic acids is 1. The van der Waals surface area contributed by atoms with Crippen LogP contribution in [-0.2, 0) is 14.6 Å². The van der Waals surface area contributed by atoms with Crippen LogP contribution < -0.4 is 10.6 Å². The van der Waals surface area contributed by atoms with Crippen LogP contribution in [0.15, 0.2) is 0 Å². The van der Waals surface area contributed by atoms with Crippen molar-refractivity contribution >= 4 is 15.7 Å². The molecular formula is C9H18N2O3S. The molecule has 1 unspecified atom stereocenters. The Balaban J connectivity index is 2.24. The van der Waals surface area contributed by atoms with Crippen LogP contribution >= 0.6 is 0 Å². The van der Waals surface area contributed by atoms with Crippen molar-refractivity contribution in [2.24, 2.45) is 5.92 Å². The standard InChI is InChI=1S/C9H18N2O3S/c1-10-4-2-5-11-9(12)8-3-6-15(13,14)7-8/h8,10H,2-7H2,1H3,(H,11,12). The summed E-state index contributed by atoms with van der Waals surface area (Å²) in [6.45, 7) is 1.46. The van der Waals surface area contributed by atoms with Crippen LogP contribution in [0.2, 0.25) is 0 Å². The first kappa shape index (κ1) is 12.4. The molecule has 0 radical (unpaired) electrons. The van der Waals surface area contributed by atoms with Crippen molar-refractivity contribution in [3.63, 3.8) is 0 Å². The van der Waals surface area contributed by atoms with Gasteiger partial charge < -0.3 is 10.6 Å². The molecule has 0 aromatic heterocycles. The van der Waals surface area contributed by atoms with Gasteiger partial charge in [0.25, 0.3) is 0 Å². The van der Waals surface area contributed by atoms with Crippen LogP contribution in [0.3, 0.4) is 0 Å². The van der Waals surface area contributed by atoms with Gasteiger partial charge in [-0.25, -0.2) is 8.42 Å². The second-order valence-electron chi connectivity index (χ2n) is 3.85. The predicted molar refractivity (Wildman–Crippen MR) is 58.3 cm³/mol. The molecule has 0 saturated carbocycles. The molecule has 0 aromatic carbocycles. The lowest BCUT2D eigenvalue weighted by Gasteiger charge is -2.08. The SMILES string of the molecule is CNCCCNC(=O)C1CCS(=O)(=O)C1. The van der Waals surface area contributed by atoms with Crippen LogP contribution in [0.25, 0.3) is 0 Å². The van der Waals surface area contributed by atoms with Crippen LogP contribution in [0, 0.1) is 5.92 Å². The quantitative estimate of drug-likeness (QED) is 0.607. The lowest BCUT2D eigenvalue weighted by molar-refractivity contribution is -0.124. The maximum Gasteiger partial charge on any atom is 0.224 e. The molecule has 1 aliphatic rings. The Morgan fingerprint density at radius 2 is 2.13 bits per heavy atom. The van der Waals surface area contributed by atoms with Gasteiger partial charge in [-0.15, -0.1) is 0 Å². The topological polar surface area (TPSA) is 75.3 Å². The summed E-state index contributed by atoms with van der Waals surface area (Å²) in [6.07, 6.45) is 1.34. The van der Waals surface area contributed by atoms with E-state index in [1.54, 1.807) is 0 Å². The second-order valence-corrected chi connectivity index (χ2v) is 6.08. The van der Waals surface area contributed by atoms with Gasteiger partial charge in [-0.1, -0.05) is 0 Å². The fourth-order valence-electron chi connectivity index (χ4n) is 1.62. The van der Waals surface area contributed by atoms with E-state index in [4.69, 9.17) is 0 Å². The maximum atomic E-state index is 11.5. The lowest BCUT2D eigenvalue weighted by atomic mass is 10.1. The van der Waals surface area contributed by atoms with Gasteiger partial charge in [0.1, 0.15) is 0 Å². The van der Waals surface area contributed by atoms with Crippen LogP contribution in [-0.4, -0.2) is 46.0 Å². The van der Waals surface area contributed by atoms with Crippen molar-refractivity contribution in [1.82, 2.24) is 10.6 Å². The van der Waals surface area contributed by atoms with Gasteiger partial charge >= 0.3 is 0 Å². The molecular weight excluding hydrogens is 216 g/mol. The van der Waals surface area contributed by atoms with E-state index in [1.807, 2.05) is 7.05 Å². The smallest absolute Gasteiger partial charge is 0.224 e. The largest absolute Gasteiger partial charge is 0.356 e. The lowest BCUT2D eigenvalue weighted by Crippen LogP contribution is -2.33. The highest BCUT2D eigenvalue weighted by Gasteiger charge is 2.32. The molecule has 15 heavy (non-hydrogen) atoms. The van der Waals surface area contributed by atoms with E-state index in [9.17, 15) is 13.2 Å². The number of hydrogen-bond acceptors (Lipinski definition) is 4. The van der Waals surface area contributed by atoms with E-state index in [1.165, 1.54) is 0 Å². The zero-order valence-electron chi connectivity index (χ0n) is 8.95. The van der Waals surface area contributed by atoms with Crippen molar-refractivity contribution in [1.29, 1.82) is 0 Å². The van der Waals surface area contributed by atoms with Crippen molar-refractivity contribution in [2.75, 3.05) is 31.6 Å². The van der Waals surface area contributed by atoms with E-state index in [0.29, 0.717) is 13.0 Å². The van der Waals surface area contributed by atoms with E-state index < -0.39 is 9.84 Å². The Labute approximate surface area is 90.5 Å². The minimum Gasteiger partial charge on any atom is -0.356 e. The molecule has 0 spiro atoms. The normalized spacial score (nSPS) is 23.9. The third kappa shape index (κ3) is 4.17. The van der Waals surface area contributed by atoms with Crippen molar-refractivity contribution < 1.29 is 13.2 Å². The van der Waals surface area contributed by atoms with Gasteiger partial charge in [-0.3, -0.25) is 4.79 Å². The van der Waals surface area contributed by atoms with Gasteiger partial charge in [-0.05, 0) is 26.4 Å². The molecule has 88 valence electrons. The van der Waals surface area contributed by atoms with Gasteiger partial charge in [-0.2, -0.15) is 0 Å². The van der Waals surface area contributed by atoms with Crippen molar-refractivity contribution in [3.05, 3.63) is 0 Å². The molecule has 1 rings (SSSR count). The molecule has 1 aliphatic heterocycles. The van der Waals surface area contributed by atoms with Gasteiger partial charge in [0.05, 0.1) is 17.4 Å². The summed E-state index contributed by atoms with van der Waals surface area (Å²) in [6, 6.07) is 0. The zero-order valence-corrected chi connectivity index (χ0v) is 9.77. The van der Waals surface area contributed by atoms with E-state index in [0.717, 1.165) is 13.0 Å². The minimum atomic E-state index is -2.95. The number of nitrogens with one attached hydrogen (secondary N) is 2. The Kier molecular flexibility index (Phi) is 4.53. The molecule has 0 aliphatic carbocycles. The first-order chi connectivity index (χ1) is 7.05. The van der Waals surface area contributed by atoms with Gasteiger partial charge in [0, 0.05) is 6.54 Å². The van der Waals surface area contributed by atoms with E-state index >= 15 is 0 Å². The monoisotopic (exact) mass is 234 g/mol. The fraction of sp³-hybridized carbons (Fsp3) is 0.889. The van der Waals surface area contributed by atoms with Gasteiger partial charge in [0.2, 0.25) is 5.91 Å². The predicted octanol–water partition coefficient (Wildman–Crippen LogP) is -0.853. The first-order valence-corrected chi connectivity index (χ1v) is 7.00. The summed E-state index contributed by atoms with van der Waals surface area (Å²) >= 11 is 0. The first-order valence-electron chi connectivity index (χ1n) is 5.18. The summed E-state index contributed by atoms with van der Waals surface area (Å²) in [5.41, 5.74) is 0. The molecule has 1 amide bonds. The summed E-state index contributed by atoms with van der Waals surface area (Å²) in [7, 11) is -1.10. The Morgan fingerprint density at radius 1 is 1.40 bits per heavy atom. The third-order valence-corrected chi connectivity index (χ3v) is 4.27. The molecule has 6 heteroatoms. The molecule has 5 nitrogen and oxygen atoms in total. The van der Waals surface area contributed by atoms with E-state index in [-0.39, 0.29) is 23.3 Å². The highest BCUT2D eigenvalue weighted by Crippen LogP contribution is 2.18. The number of rotatable bonds is 5.